The first-order valence-corrected chi connectivity index (χ1v) is 5.78. The van der Waals surface area contributed by atoms with Crippen molar-refractivity contribution in [2.45, 2.75) is 6.61 Å². The average molecular weight is 259 g/mol. The van der Waals surface area contributed by atoms with Crippen LogP contribution in [0.15, 0.2) is 24.4 Å². The molecule has 1 aromatic carbocycles. The smallest absolute Gasteiger partial charge is 0.240 e. The third-order valence-corrected chi connectivity index (χ3v) is 3.04. The highest BCUT2D eigenvalue weighted by molar-refractivity contribution is 5.86. The van der Waals surface area contributed by atoms with Gasteiger partial charge in [0.25, 0.3) is 0 Å². The molecule has 0 saturated heterocycles. The first-order chi connectivity index (χ1) is 9.30. The Bertz CT molecular complexity index is 752. The molecule has 0 aliphatic rings. The van der Waals surface area contributed by atoms with E-state index in [0.717, 1.165) is 5.52 Å². The third kappa shape index (κ3) is 1.61. The van der Waals surface area contributed by atoms with Crippen LogP contribution in [0, 0.1) is 0 Å². The van der Waals surface area contributed by atoms with Crippen LogP contribution < -0.4 is 9.47 Å². The number of aliphatic hydroxyl groups excluding tert-OH is 1. The van der Waals surface area contributed by atoms with E-state index in [1.807, 2.05) is 22.6 Å². The van der Waals surface area contributed by atoms with Crippen LogP contribution >= 0.6 is 0 Å². The van der Waals surface area contributed by atoms with E-state index in [9.17, 15) is 5.11 Å². The summed E-state index contributed by atoms with van der Waals surface area (Å²) in [7, 11) is 3.14. The Hall–Kier alpha value is -2.34. The lowest BCUT2D eigenvalue weighted by Crippen LogP contribution is -2.01. The first kappa shape index (κ1) is 11.7. The summed E-state index contributed by atoms with van der Waals surface area (Å²) in [5, 5.41) is 9.40. The third-order valence-electron chi connectivity index (χ3n) is 3.04. The van der Waals surface area contributed by atoms with Crippen LogP contribution in [-0.4, -0.2) is 33.7 Å². The zero-order valence-electron chi connectivity index (χ0n) is 10.6. The predicted molar refractivity (Wildman–Crippen MR) is 69.5 cm³/mol. The largest absolute Gasteiger partial charge is 0.494 e. The van der Waals surface area contributed by atoms with E-state index in [0.29, 0.717) is 28.5 Å². The normalized spacial score (nSPS) is 11.1. The highest BCUT2D eigenvalue weighted by Gasteiger charge is 2.15. The van der Waals surface area contributed by atoms with Gasteiger partial charge in [-0.25, -0.2) is 9.97 Å². The number of rotatable bonds is 3. The fraction of sp³-hybridized carbons (Fsp3) is 0.231. The van der Waals surface area contributed by atoms with E-state index >= 15 is 0 Å². The summed E-state index contributed by atoms with van der Waals surface area (Å²) in [5.74, 6) is 1.63. The monoisotopic (exact) mass is 259 g/mol. The van der Waals surface area contributed by atoms with Gasteiger partial charge in [-0.2, -0.15) is 0 Å². The van der Waals surface area contributed by atoms with Crippen molar-refractivity contribution < 1.29 is 14.6 Å². The van der Waals surface area contributed by atoms with Gasteiger partial charge in [-0.05, 0) is 12.1 Å². The summed E-state index contributed by atoms with van der Waals surface area (Å²) in [4.78, 5) is 8.63. The average Bonchev–Trinajstić information content (AvgIpc) is 2.89. The van der Waals surface area contributed by atoms with E-state index in [4.69, 9.17) is 9.47 Å². The summed E-state index contributed by atoms with van der Waals surface area (Å²) in [6.07, 6.45) is 1.64. The molecular weight excluding hydrogens is 246 g/mol. The molecule has 0 fully saturated rings. The van der Waals surface area contributed by atoms with Crippen molar-refractivity contribution in [3.63, 3.8) is 0 Å². The quantitative estimate of drug-likeness (QED) is 0.769. The number of para-hydroxylation sites is 1. The molecule has 0 atom stereocenters. The molecule has 0 amide bonds. The van der Waals surface area contributed by atoms with Crippen LogP contribution in [-0.2, 0) is 6.61 Å². The standard InChI is InChI=1S/C13H13N3O3/c1-18-10-5-3-4-8-12(10)15-13(19-2)9-6-14-11(7-17)16(8)9/h3-6,17H,7H2,1-2H3. The van der Waals surface area contributed by atoms with Crippen molar-refractivity contribution >= 4 is 16.6 Å². The molecule has 2 heterocycles. The number of fused-ring (bicyclic) bond motifs is 3. The number of hydrogen-bond donors (Lipinski definition) is 1. The first-order valence-electron chi connectivity index (χ1n) is 5.78. The number of methoxy groups -OCH3 is 2. The van der Waals surface area contributed by atoms with Gasteiger partial charge >= 0.3 is 0 Å². The minimum Gasteiger partial charge on any atom is -0.494 e. The molecule has 0 unspecified atom stereocenters. The van der Waals surface area contributed by atoms with Gasteiger partial charge < -0.3 is 14.6 Å². The van der Waals surface area contributed by atoms with Crippen LogP contribution in [0.5, 0.6) is 11.6 Å². The molecule has 2 aromatic heterocycles. The van der Waals surface area contributed by atoms with Crippen molar-refractivity contribution in [3.8, 4) is 11.6 Å². The molecule has 6 nitrogen and oxygen atoms in total. The molecule has 19 heavy (non-hydrogen) atoms. The zero-order valence-corrected chi connectivity index (χ0v) is 10.6. The van der Waals surface area contributed by atoms with Gasteiger partial charge in [-0.1, -0.05) is 6.07 Å². The molecule has 0 aliphatic heterocycles. The van der Waals surface area contributed by atoms with E-state index in [1.165, 1.54) is 0 Å². The Balaban J connectivity index is 2.53. The number of imidazole rings is 1. The van der Waals surface area contributed by atoms with Gasteiger partial charge in [0.05, 0.1) is 25.9 Å². The zero-order chi connectivity index (χ0) is 13.4. The molecule has 0 radical (unpaired) electrons. The summed E-state index contributed by atoms with van der Waals surface area (Å²) < 4.78 is 12.4. The SMILES string of the molecule is COc1cccc2c1nc(OC)c1cnc(CO)n12. The second kappa shape index (κ2) is 4.40. The van der Waals surface area contributed by atoms with Gasteiger partial charge in [0.1, 0.15) is 29.2 Å². The van der Waals surface area contributed by atoms with Crippen molar-refractivity contribution in [1.29, 1.82) is 0 Å². The van der Waals surface area contributed by atoms with Gasteiger partial charge in [-0.15, -0.1) is 0 Å². The van der Waals surface area contributed by atoms with Gasteiger partial charge in [0.2, 0.25) is 5.88 Å². The topological polar surface area (TPSA) is 68.9 Å². The minimum absolute atomic E-state index is 0.159. The van der Waals surface area contributed by atoms with Crippen molar-refractivity contribution in [2.24, 2.45) is 0 Å². The Labute approximate surface area is 109 Å². The molecule has 6 heteroatoms. The highest BCUT2D eigenvalue weighted by Crippen LogP contribution is 2.29. The van der Waals surface area contributed by atoms with Crippen molar-refractivity contribution in [1.82, 2.24) is 14.4 Å². The minimum atomic E-state index is -0.159. The summed E-state index contributed by atoms with van der Waals surface area (Å²) in [6.45, 7) is -0.159. The lowest BCUT2D eigenvalue weighted by Gasteiger charge is -2.10. The van der Waals surface area contributed by atoms with Crippen LogP contribution in [0.25, 0.3) is 16.6 Å². The van der Waals surface area contributed by atoms with Gasteiger partial charge in [-0.3, -0.25) is 4.40 Å². The lowest BCUT2D eigenvalue weighted by molar-refractivity contribution is 0.271. The maximum Gasteiger partial charge on any atom is 0.240 e. The molecule has 3 aromatic rings. The van der Waals surface area contributed by atoms with Crippen LogP contribution in [0.4, 0.5) is 0 Å². The molecule has 0 saturated carbocycles. The highest BCUT2D eigenvalue weighted by atomic mass is 16.5. The second-order valence-electron chi connectivity index (χ2n) is 4.00. The second-order valence-corrected chi connectivity index (χ2v) is 4.00. The summed E-state index contributed by atoms with van der Waals surface area (Å²) >= 11 is 0. The van der Waals surface area contributed by atoms with Crippen LogP contribution in [0.1, 0.15) is 5.82 Å². The van der Waals surface area contributed by atoms with Crippen molar-refractivity contribution in [2.75, 3.05) is 14.2 Å². The molecule has 3 rings (SSSR count). The molecule has 98 valence electrons. The summed E-state index contributed by atoms with van der Waals surface area (Å²) in [6, 6.07) is 5.60. The Morgan fingerprint density at radius 3 is 2.74 bits per heavy atom. The van der Waals surface area contributed by atoms with E-state index < -0.39 is 0 Å². The number of ether oxygens (including phenoxy) is 2. The number of nitrogens with zero attached hydrogens (tertiary/aromatic N) is 3. The maximum absolute atomic E-state index is 9.40. The molecular formula is C13H13N3O3. The maximum atomic E-state index is 9.40. The van der Waals surface area contributed by atoms with Gasteiger partial charge in [0, 0.05) is 0 Å². The summed E-state index contributed by atoms with van der Waals surface area (Å²) in [5.41, 5.74) is 2.20. The predicted octanol–water partition coefficient (Wildman–Crippen LogP) is 1.39. The number of benzene rings is 1. The van der Waals surface area contributed by atoms with E-state index in [-0.39, 0.29) is 6.61 Å². The fourth-order valence-electron chi connectivity index (χ4n) is 2.20. The van der Waals surface area contributed by atoms with Gasteiger partial charge in [0.15, 0.2) is 0 Å². The van der Waals surface area contributed by atoms with Crippen molar-refractivity contribution in [3.05, 3.63) is 30.2 Å². The van der Waals surface area contributed by atoms with E-state index in [1.54, 1.807) is 20.4 Å². The Morgan fingerprint density at radius 1 is 1.21 bits per heavy atom. The lowest BCUT2D eigenvalue weighted by atomic mass is 10.2. The molecule has 0 spiro atoms. The number of hydrogen-bond acceptors (Lipinski definition) is 5. The van der Waals surface area contributed by atoms with E-state index in [2.05, 4.69) is 9.97 Å². The molecule has 0 aliphatic carbocycles. The Kier molecular flexibility index (Phi) is 2.72. The van der Waals surface area contributed by atoms with Crippen LogP contribution in [0.2, 0.25) is 0 Å². The fourth-order valence-corrected chi connectivity index (χ4v) is 2.20. The molecule has 1 N–H and O–H groups in total. The number of aliphatic hydroxyl groups is 1. The number of aromatic nitrogens is 3. The Morgan fingerprint density at radius 2 is 2.05 bits per heavy atom. The molecule has 0 bridgehead atoms. The van der Waals surface area contributed by atoms with Crippen LogP contribution in [0.3, 0.4) is 0 Å².